The average Bonchev–Trinajstić information content (AvgIpc) is 2.66. The topological polar surface area (TPSA) is 86.7 Å². The Morgan fingerprint density at radius 1 is 1.27 bits per heavy atom. The zero-order chi connectivity index (χ0) is 19.1. The first kappa shape index (κ1) is 19.9. The number of carboxylic acids is 1. The molecule has 0 bridgehead atoms. The van der Waals surface area contributed by atoms with Gasteiger partial charge in [0.15, 0.2) is 0 Å². The molecule has 2 rings (SSSR count). The molecule has 1 heterocycles. The smallest absolute Gasteiger partial charge is 0.326 e. The van der Waals surface area contributed by atoms with Gasteiger partial charge in [-0.3, -0.25) is 9.59 Å². The lowest BCUT2D eigenvalue weighted by Crippen LogP contribution is -2.51. The van der Waals surface area contributed by atoms with E-state index in [-0.39, 0.29) is 23.7 Å². The number of hydrogen-bond acceptors (Lipinski definition) is 3. The molecule has 142 valence electrons. The number of nitrogens with one attached hydrogen (secondary N) is 1. The molecule has 0 aliphatic carbocycles. The summed E-state index contributed by atoms with van der Waals surface area (Å²) in [6.07, 6.45) is 2.41. The summed E-state index contributed by atoms with van der Waals surface area (Å²) in [5.41, 5.74) is 0.951. The van der Waals surface area contributed by atoms with Crippen LogP contribution in [0.15, 0.2) is 30.3 Å². The van der Waals surface area contributed by atoms with Gasteiger partial charge in [0.2, 0.25) is 11.8 Å². The van der Waals surface area contributed by atoms with Gasteiger partial charge in [-0.1, -0.05) is 50.6 Å². The molecule has 1 saturated heterocycles. The van der Waals surface area contributed by atoms with E-state index in [1.54, 1.807) is 4.90 Å². The fourth-order valence-corrected chi connectivity index (χ4v) is 3.25. The van der Waals surface area contributed by atoms with E-state index in [4.69, 9.17) is 0 Å². The van der Waals surface area contributed by atoms with Crippen LogP contribution in [0.4, 0.5) is 0 Å². The normalized spacial score (nSPS) is 19.5. The van der Waals surface area contributed by atoms with Crippen molar-refractivity contribution < 1.29 is 19.5 Å². The lowest BCUT2D eigenvalue weighted by molar-refractivity contribution is -0.145. The molecule has 1 fully saturated rings. The van der Waals surface area contributed by atoms with Crippen molar-refractivity contribution in [1.82, 2.24) is 10.2 Å². The summed E-state index contributed by atoms with van der Waals surface area (Å²) >= 11 is 0. The molecule has 6 nitrogen and oxygen atoms in total. The molecular weight excluding hydrogens is 332 g/mol. The van der Waals surface area contributed by atoms with Crippen LogP contribution in [0, 0.1) is 11.8 Å². The molecular formula is C20H28N2O4. The zero-order valence-corrected chi connectivity index (χ0v) is 15.5. The monoisotopic (exact) mass is 360 g/mol. The first-order chi connectivity index (χ1) is 12.4. The highest BCUT2D eigenvalue weighted by Crippen LogP contribution is 2.19. The van der Waals surface area contributed by atoms with Crippen LogP contribution in [-0.4, -0.2) is 46.9 Å². The van der Waals surface area contributed by atoms with Crippen molar-refractivity contribution in [2.45, 2.75) is 45.6 Å². The molecule has 26 heavy (non-hydrogen) atoms. The highest BCUT2D eigenvalue weighted by molar-refractivity contribution is 5.86. The van der Waals surface area contributed by atoms with Gasteiger partial charge in [0.1, 0.15) is 6.04 Å². The van der Waals surface area contributed by atoms with Crippen LogP contribution in [0.5, 0.6) is 0 Å². The third kappa shape index (κ3) is 5.31. The average molecular weight is 360 g/mol. The van der Waals surface area contributed by atoms with Crippen molar-refractivity contribution in [2.24, 2.45) is 11.8 Å². The Morgan fingerprint density at radius 2 is 1.96 bits per heavy atom. The zero-order valence-electron chi connectivity index (χ0n) is 15.5. The number of aliphatic carboxylic acids is 1. The summed E-state index contributed by atoms with van der Waals surface area (Å²) in [4.78, 5) is 38.2. The Labute approximate surface area is 154 Å². The van der Waals surface area contributed by atoms with Crippen molar-refractivity contribution in [1.29, 1.82) is 0 Å². The van der Waals surface area contributed by atoms with E-state index < -0.39 is 12.0 Å². The van der Waals surface area contributed by atoms with Gasteiger partial charge in [-0.2, -0.15) is 0 Å². The van der Waals surface area contributed by atoms with Crippen LogP contribution in [-0.2, 0) is 20.8 Å². The Morgan fingerprint density at radius 3 is 2.58 bits per heavy atom. The number of nitrogens with zero attached hydrogens (tertiary/aromatic N) is 1. The van der Waals surface area contributed by atoms with Crippen LogP contribution >= 0.6 is 0 Å². The van der Waals surface area contributed by atoms with Crippen LogP contribution in [0.1, 0.15) is 38.7 Å². The Hall–Kier alpha value is -2.37. The fourth-order valence-electron chi connectivity index (χ4n) is 3.25. The molecule has 0 aromatic heterocycles. The Bertz CT molecular complexity index is 632. The number of likely N-dealkylation sites (tertiary alicyclic amines) is 1. The lowest BCUT2D eigenvalue weighted by Gasteiger charge is -2.33. The summed E-state index contributed by atoms with van der Waals surface area (Å²) in [7, 11) is 0. The van der Waals surface area contributed by atoms with E-state index in [1.807, 2.05) is 44.2 Å². The first-order valence-electron chi connectivity index (χ1n) is 9.27. The third-order valence-electron chi connectivity index (χ3n) is 5.12. The molecule has 3 atom stereocenters. The van der Waals surface area contributed by atoms with Crippen molar-refractivity contribution in [3.63, 3.8) is 0 Å². The van der Waals surface area contributed by atoms with Crippen LogP contribution in [0.25, 0.3) is 0 Å². The molecule has 0 spiro atoms. The van der Waals surface area contributed by atoms with Gasteiger partial charge in [0, 0.05) is 13.1 Å². The standard InChI is InChI=1S/C20H28N2O4/c1-3-14(2)18(20(25)26)21-19(24)16-10-7-11-22(13-16)17(23)12-15-8-5-4-6-9-15/h4-6,8-9,14,16,18H,3,7,10-13H2,1-2H3,(H,21,24)(H,25,26)/t14-,16?,18-/m0/s1. The van der Waals surface area contributed by atoms with Crippen molar-refractivity contribution in [3.05, 3.63) is 35.9 Å². The van der Waals surface area contributed by atoms with Gasteiger partial charge in [-0.15, -0.1) is 0 Å². The molecule has 0 radical (unpaired) electrons. The number of carboxylic acid groups (broad SMARTS) is 1. The molecule has 1 unspecified atom stereocenters. The minimum atomic E-state index is -1.01. The molecule has 1 aliphatic rings. The van der Waals surface area contributed by atoms with Crippen molar-refractivity contribution in [3.8, 4) is 0 Å². The number of benzene rings is 1. The predicted octanol–water partition coefficient (Wildman–Crippen LogP) is 2.08. The van der Waals surface area contributed by atoms with E-state index in [1.165, 1.54) is 0 Å². The maximum Gasteiger partial charge on any atom is 0.326 e. The fraction of sp³-hybridized carbons (Fsp3) is 0.550. The Kier molecular flexibility index (Phi) is 7.18. The van der Waals surface area contributed by atoms with Gasteiger partial charge in [0.25, 0.3) is 0 Å². The van der Waals surface area contributed by atoms with Crippen LogP contribution < -0.4 is 5.32 Å². The molecule has 6 heteroatoms. The second-order valence-electron chi connectivity index (χ2n) is 7.05. The molecule has 0 saturated carbocycles. The van der Waals surface area contributed by atoms with Gasteiger partial charge in [-0.25, -0.2) is 4.79 Å². The summed E-state index contributed by atoms with van der Waals surface area (Å²) in [5, 5.41) is 12.0. The minimum absolute atomic E-state index is 0.00501. The molecule has 1 aliphatic heterocycles. The number of hydrogen-bond donors (Lipinski definition) is 2. The second kappa shape index (κ2) is 9.36. The largest absolute Gasteiger partial charge is 0.480 e. The SMILES string of the molecule is CC[C@H](C)[C@H](NC(=O)C1CCCN(C(=O)Cc2ccccc2)C1)C(=O)O. The third-order valence-corrected chi connectivity index (χ3v) is 5.12. The number of rotatable bonds is 7. The maximum absolute atomic E-state index is 12.5. The molecule has 2 N–H and O–H groups in total. The molecule has 1 aromatic rings. The summed E-state index contributed by atoms with van der Waals surface area (Å²) < 4.78 is 0. The number of piperidine rings is 1. The predicted molar refractivity (Wildman–Crippen MR) is 98.5 cm³/mol. The van der Waals surface area contributed by atoms with E-state index in [2.05, 4.69) is 5.32 Å². The van der Waals surface area contributed by atoms with Crippen LogP contribution in [0.3, 0.4) is 0 Å². The molecule has 2 amide bonds. The van der Waals surface area contributed by atoms with Crippen molar-refractivity contribution in [2.75, 3.05) is 13.1 Å². The molecule has 1 aromatic carbocycles. The quantitative estimate of drug-likeness (QED) is 0.779. The number of carbonyl (C=O) groups is 3. The van der Waals surface area contributed by atoms with Gasteiger partial charge < -0.3 is 15.3 Å². The highest BCUT2D eigenvalue weighted by Gasteiger charge is 2.32. The number of carbonyl (C=O) groups excluding carboxylic acids is 2. The van der Waals surface area contributed by atoms with E-state index in [0.717, 1.165) is 12.0 Å². The summed E-state index contributed by atoms with van der Waals surface area (Å²) in [6, 6.07) is 8.64. The summed E-state index contributed by atoms with van der Waals surface area (Å²) in [5.74, 6) is -1.77. The Balaban J connectivity index is 1.95. The highest BCUT2D eigenvalue weighted by atomic mass is 16.4. The van der Waals surface area contributed by atoms with Gasteiger partial charge >= 0.3 is 5.97 Å². The van der Waals surface area contributed by atoms with E-state index in [0.29, 0.717) is 32.4 Å². The van der Waals surface area contributed by atoms with Crippen molar-refractivity contribution >= 4 is 17.8 Å². The summed E-state index contributed by atoms with van der Waals surface area (Å²) in [6.45, 7) is 4.71. The van der Waals surface area contributed by atoms with Crippen LogP contribution in [0.2, 0.25) is 0 Å². The second-order valence-corrected chi connectivity index (χ2v) is 7.05. The lowest BCUT2D eigenvalue weighted by atomic mass is 9.94. The first-order valence-corrected chi connectivity index (χ1v) is 9.27. The minimum Gasteiger partial charge on any atom is -0.480 e. The van der Waals surface area contributed by atoms with E-state index in [9.17, 15) is 19.5 Å². The van der Waals surface area contributed by atoms with E-state index >= 15 is 0 Å². The van der Waals surface area contributed by atoms with Gasteiger partial charge in [-0.05, 0) is 24.3 Å². The number of amides is 2. The maximum atomic E-state index is 12.5. The van der Waals surface area contributed by atoms with Gasteiger partial charge in [0.05, 0.1) is 12.3 Å².